The van der Waals surface area contributed by atoms with E-state index in [-0.39, 0.29) is 11.1 Å². The molecule has 0 aliphatic carbocycles. The predicted molar refractivity (Wildman–Crippen MR) is 73.4 cm³/mol. The molecule has 98 valence electrons. The highest BCUT2D eigenvalue weighted by atomic mass is 32.1. The molecule has 1 N–H and O–H groups in total. The van der Waals surface area contributed by atoms with E-state index >= 15 is 0 Å². The van der Waals surface area contributed by atoms with Crippen LogP contribution in [0.15, 0.2) is 5.38 Å². The van der Waals surface area contributed by atoms with Gasteiger partial charge in [0.25, 0.3) is 0 Å². The highest BCUT2D eigenvalue weighted by molar-refractivity contribution is 7.09. The Kier molecular flexibility index (Phi) is 4.69. The van der Waals surface area contributed by atoms with Gasteiger partial charge >= 0.3 is 0 Å². The third kappa shape index (κ3) is 4.74. The van der Waals surface area contributed by atoms with Crippen LogP contribution in [-0.2, 0) is 16.9 Å². The summed E-state index contributed by atoms with van der Waals surface area (Å²) in [5.74, 6) is 0. The van der Waals surface area contributed by atoms with Crippen molar-refractivity contribution in [3.63, 3.8) is 0 Å². The molecule has 1 aromatic rings. The van der Waals surface area contributed by atoms with E-state index in [0.717, 1.165) is 17.2 Å². The van der Waals surface area contributed by atoms with Crippen LogP contribution in [0.5, 0.6) is 0 Å². The van der Waals surface area contributed by atoms with Gasteiger partial charge < -0.3 is 10.1 Å². The summed E-state index contributed by atoms with van der Waals surface area (Å²) in [6.45, 7) is 14.1. The minimum absolute atomic E-state index is 0.124. The summed E-state index contributed by atoms with van der Waals surface area (Å²) in [6, 6.07) is 0. The number of aromatic nitrogens is 1. The summed E-state index contributed by atoms with van der Waals surface area (Å²) in [5, 5.41) is 6.59. The third-order valence-corrected chi connectivity index (χ3v) is 3.57. The van der Waals surface area contributed by atoms with Crippen LogP contribution >= 0.6 is 11.3 Å². The second-order valence-corrected chi connectivity index (χ2v) is 6.55. The normalized spacial score (nSPS) is 13.1. The van der Waals surface area contributed by atoms with Crippen molar-refractivity contribution < 1.29 is 4.74 Å². The molecule has 0 aliphatic heterocycles. The van der Waals surface area contributed by atoms with E-state index in [4.69, 9.17) is 4.74 Å². The monoisotopic (exact) mass is 256 g/mol. The van der Waals surface area contributed by atoms with Crippen LogP contribution in [0.3, 0.4) is 0 Å². The van der Waals surface area contributed by atoms with Crippen LogP contribution in [-0.4, -0.2) is 17.1 Å². The van der Waals surface area contributed by atoms with Gasteiger partial charge in [-0.15, -0.1) is 11.3 Å². The topological polar surface area (TPSA) is 34.1 Å². The largest absolute Gasteiger partial charge is 0.369 e. The van der Waals surface area contributed by atoms with E-state index in [1.54, 1.807) is 11.3 Å². The zero-order valence-corrected chi connectivity index (χ0v) is 12.6. The first-order valence-electron chi connectivity index (χ1n) is 6.08. The minimum Gasteiger partial charge on any atom is -0.369 e. The van der Waals surface area contributed by atoms with Crippen LogP contribution < -0.4 is 5.32 Å². The first kappa shape index (κ1) is 14.6. The fourth-order valence-corrected chi connectivity index (χ4v) is 2.34. The zero-order chi connectivity index (χ0) is 13.1. The summed E-state index contributed by atoms with van der Waals surface area (Å²) in [4.78, 5) is 4.63. The fourth-order valence-electron chi connectivity index (χ4n) is 1.44. The lowest BCUT2D eigenvalue weighted by molar-refractivity contribution is -0.0142. The number of nitrogens with one attached hydrogen (secondary N) is 1. The lowest BCUT2D eigenvalue weighted by atomic mass is 10.1. The molecule has 0 amide bonds. The van der Waals surface area contributed by atoms with Crippen molar-refractivity contribution in [2.24, 2.45) is 0 Å². The molecule has 0 aromatic carbocycles. The third-order valence-electron chi connectivity index (χ3n) is 2.37. The van der Waals surface area contributed by atoms with Crippen molar-refractivity contribution in [3.8, 4) is 0 Å². The molecule has 0 spiro atoms. The second kappa shape index (κ2) is 5.46. The summed E-state index contributed by atoms with van der Waals surface area (Å²) < 4.78 is 5.70. The molecule has 0 aliphatic rings. The van der Waals surface area contributed by atoms with E-state index in [2.05, 4.69) is 50.3 Å². The molecule has 17 heavy (non-hydrogen) atoms. The molecule has 1 heterocycles. The Morgan fingerprint density at radius 3 is 2.47 bits per heavy atom. The van der Waals surface area contributed by atoms with E-state index in [0.29, 0.717) is 6.61 Å². The standard InChI is InChI=1S/C13H24N2OS/c1-7-16-13(5,6)11-15-10(9-17-11)8-14-12(2,3)4/h9,14H,7-8H2,1-6H3. The van der Waals surface area contributed by atoms with E-state index in [9.17, 15) is 0 Å². The number of hydrogen-bond acceptors (Lipinski definition) is 4. The Balaban J connectivity index is 2.65. The van der Waals surface area contributed by atoms with Gasteiger partial charge in [-0.1, -0.05) is 0 Å². The van der Waals surface area contributed by atoms with E-state index in [1.807, 2.05) is 6.92 Å². The Hall–Kier alpha value is -0.450. The van der Waals surface area contributed by atoms with Gasteiger partial charge in [0.1, 0.15) is 10.6 Å². The van der Waals surface area contributed by atoms with Crippen LogP contribution in [0, 0.1) is 0 Å². The minimum atomic E-state index is -0.278. The molecular formula is C13H24N2OS. The number of rotatable bonds is 5. The molecule has 0 saturated heterocycles. The molecule has 0 bridgehead atoms. The maximum absolute atomic E-state index is 5.70. The first-order valence-corrected chi connectivity index (χ1v) is 6.96. The van der Waals surface area contributed by atoms with Gasteiger partial charge in [0, 0.05) is 24.1 Å². The van der Waals surface area contributed by atoms with E-state index in [1.165, 1.54) is 0 Å². The maximum Gasteiger partial charge on any atom is 0.124 e. The molecule has 1 aromatic heterocycles. The van der Waals surface area contributed by atoms with Gasteiger partial charge in [-0.3, -0.25) is 0 Å². The second-order valence-electron chi connectivity index (χ2n) is 5.69. The van der Waals surface area contributed by atoms with Crippen LogP contribution in [0.2, 0.25) is 0 Å². The smallest absolute Gasteiger partial charge is 0.124 e. The summed E-state index contributed by atoms with van der Waals surface area (Å²) in [6.07, 6.45) is 0. The molecule has 3 nitrogen and oxygen atoms in total. The zero-order valence-electron chi connectivity index (χ0n) is 11.8. The van der Waals surface area contributed by atoms with Crippen molar-refractivity contribution in [1.29, 1.82) is 0 Å². The Morgan fingerprint density at radius 1 is 1.29 bits per heavy atom. The lowest BCUT2D eigenvalue weighted by Gasteiger charge is -2.22. The predicted octanol–water partition coefficient (Wildman–Crippen LogP) is 3.30. The van der Waals surface area contributed by atoms with Crippen molar-refractivity contribution in [1.82, 2.24) is 10.3 Å². The fraction of sp³-hybridized carbons (Fsp3) is 0.769. The number of hydrogen-bond donors (Lipinski definition) is 1. The maximum atomic E-state index is 5.70. The van der Waals surface area contributed by atoms with Crippen LogP contribution in [0.25, 0.3) is 0 Å². The molecule has 0 atom stereocenters. The van der Waals surface area contributed by atoms with Gasteiger partial charge in [0.15, 0.2) is 0 Å². The Morgan fingerprint density at radius 2 is 1.94 bits per heavy atom. The van der Waals surface area contributed by atoms with Gasteiger partial charge in [-0.2, -0.15) is 0 Å². The first-order chi connectivity index (χ1) is 7.74. The van der Waals surface area contributed by atoms with Gasteiger partial charge in [-0.05, 0) is 41.5 Å². The molecule has 4 heteroatoms. The average Bonchev–Trinajstić information content (AvgIpc) is 2.62. The highest BCUT2D eigenvalue weighted by Crippen LogP contribution is 2.27. The van der Waals surface area contributed by atoms with Gasteiger partial charge in [-0.25, -0.2) is 4.98 Å². The average molecular weight is 256 g/mol. The Bertz CT molecular complexity index is 353. The highest BCUT2D eigenvalue weighted by Gasteiger charge is 2.24. The van der Waals surface area contributed by atoms with Gasteiger partial charge in [0.05, 0.1) is 5.69 Å². The van der Waals surface area contributed by atoms with Crippen molar-refractivity contribution >= 4 is 11.3 Å². The van der Waals surface area contributed by atoms with Crippen LogP contribution in [0.1, 0.15) is 52.2 Å². The molecule has 0 saturated carbocycles. The molecule has 0 radical (unpaired) electrons. The number of nitrogens with zero attached hydrogens (tertiary/aromatic N) is 1. The molecule has 0 unspecified atom stereocenters. The number of thiazole rings is 1. The Labute approximate surface area is 109 Å². The van der Waals surface area contributed by atoms with Crippen molar-refractivity contribution in [2.45, 2.75) is 59.2 Å². The number of ether oxygens (including phenoxy) is 1. The SMILES string of the molecule is CCOC(C)(C)c1nc(CNC(C)(C)C)cs1. The molecular weight excluding hydrogens is 232 g/mol. The summed E-state index contributed by atoms with van der Waals surface area (Å²) >= 11 is 1.67. The van der Waals surface area contributed by atoms with Crippen molar-refractivity contribution in [2.75, 3.05) is 6.61 Å². The summed E-state index contributed by atoms with van der Waals surface area (Å²) in [5.41, 5.74) is 0.936. The van der Waals surface area contributed by atoms with Gasteiger partial charge in [0.2, 0.25) is 0 Å². The van der Waals surface area contributed by atoms with E-state index < -0.39 is 0 Å². The van der Waals surface area contributed by atoms with Crippen molar-refractivity contribution in [3.05, 3.63) is 16.1 Å². The summed E-state index contributed by atoms with van der Waals surface area (Å²) in [7, 11) is 0. The molecule has 0 fully saturated rings. The molecule has 1 rings (SSSR count). The van der Waals surface area contributed by atoms with Crippen LogP contribution in [0.4, 0.5) is 0 Å². The quantitative estimate of drug-likeness (QED) is 0.877. The lowest BCUT2D eigenvalue weighted by Crippen LogP contribution is -2.35.